The molecule has 1 unspecified atom stereocenters. The summed E-state index contributed by atoms with van der Waals surface area (Å²) in [4.78, 5) is 37.9. The second kappa shape index (κ2) is 13.6. The number of benzene rings is 2. The van der Waals surface area contributed by atoms with Gasteiger partial charge in [0.25, 0.3) is 0 Å². The van der Waals surface area contributed by atoms with E-state index in [0.29, 0.717) is 42.1 Å². The molecule has 0 saturated carbocycles. The predicted octanol–water partition coefficient (Wildman–Crippen LogP) is 5.03. The number of anilines is 3. The molecule has 0 fully saturated rings. The third-order valence-corrected chi connectivity index (χ3v) is 6.18. The number of amides is 2. The van der Waals surface area contributed by atoms with Crippen LogP contribution in [0.1, 0.15) is 38.3 Å². The number of hydrogen-bond acceptors (Lipinski definition) is 7. The van der Waals surface area contributed by atoms with E-state index in [2.05, 4.69) is 50.1 Å². The Balaban J connectivity index is 1.50. The van der Waals surface area contributed by atoms with Crippen LogP contribution in [0.5, 0.6) is 0 Å². The number of imidazole rings is 1. The van der Waals surface area contributed by atoms with Crippen LogP contribution in [-0.2, 0) is 22.7 Å². The van der Waals surface area contributed by atoms with Crippen LogP contribution in [0.2, 0.25) is 5.02 Å². The quantitative estimate of drug-likeness (QED) is 0.191. The summed E-state index contributed by atoms with van der Waals surface area (Å²) < 4.78 is 1.78. The van der Waals surface area contributed by atoms with Gasteiger partial charge in [-0.15, -0.1) is 0 Å². The minimum Gasteiger partial charge on any atom is -0.358 e. The number of aromatic nitrogens is 4. The van der Waals surface area contributed by atoms with Crippen LogP contribution in [0, 0.1) is 5.92 Å². The van der Waals surface area contributed by atoms with Gasteiger partial charge in [-0.2, -0.15) is 9.97 Å². The summed E-state index contributed by atoms with van der Waals surface area (Å²) in [6.07, 6.45) is 5.73. The van der Waals surface area contributed by atoms with E-state index in [-0.39, 0.29) is 17.7 Å². The summed E-state index contributed by atoms with van der Waals surface area (Å²) in [6.45, 7) is 6.47. The van der Waals surface area contributed by atoms with E-state index in [9.17, 15) is 9.59 Å². The third kappa shape index (κ3) is 8.54. The SMILES string of the molecule is CC(=O)Nc1ccc(CNc2nc(NC(CC(C)C)C(=O)NCc3ccc(Cl)cc3)cc(-n3ccnc3)n2)cc1. The fourth-order valence-corrected chi connectivity index (χ4v) is 4.13. The Morgan fingerprint density at radius 2 is 1.68 bits per heavy atom. The molecule has 0 bridgehead atoms. The lowest BCUT2D eigenvalue weighted by molar-refractivity contribution is -0.122. The molecule has 0 saturated heterocycles. The van der Waals surface area contributed by atoms with Crippen molar-refractivity contribution >= 4 is 40.9 Å². The van der Waals surface area contributed by atoms with Crippen LogP contribution in [0.4, 0.5) is 17.5 Å². The number of hydrogen-bond donors (Lipinski definition) is 4. The fraction of sp³-hybridized carbons (Fsp3) is 0.276. The molecule has 1 atom stereocenters. The highest BCUT2D eigenvalue weighted by molar-refractivity contribution is 6.30. The van der Waals surface area contributed by atoms with Gasteiger partial charge in [-0.25, -0.2) is 4.98 Å². The zero-order valence-corrected chi connectivity index (χ0v) is 23.4. The summed E-state index contributed by atoms with van der Waals surface area (Å²) in [5.41, 5.74) is 2.67. The summed E-state index contributed by atoms with van der Waals surface area (Å²) in [7, 11) is 0. The molecule has 0 spiro atoms. The van der Waals surface area contributed by atoms with Gasteiger partial charge in [-0.1, -0.05) is 49.7 Å². The number of rotatable bonds is 12. The molecule has 0 radical (unpaired) electrons. The Bertz CT molecular complexity index is 1410. The number of halogens is 1. The van der Waals surface area contributed by atoms with E-state index in [0.717, 1.165) is 16.8 Å². The molecule has 4 aromatic rings. The molecule has 208 valence electrons. The van der Waals surface area contributed by atoms with Crippen molar-refractivity contribution in [1.29, 1.82) is 0 Å². The van der Waals surface area contributed by atoms with Gasteiger partial charge in [-0.3, -0.25) is 14.2 Å². The third-order valence-electron chi connectivity index (χ3n) is 5.93. The standard InChI is InChI=1S/C29H33ClN8O2/c1-19(2)14-25(28(40)32-16-21-4-8-23(30)9-5-21)35-26-15-27(38-13-12-31-18-38)37-29(36-26)33-17-22-6-10-24(11-7-22)34-20(3)39/h4-13,15,18-19,25H,14,16-17H2,1-3H3,(H,32,40)(H,34,39)(H2,33,35,36,37). The highest BCUT2D eigenvalue weighted by Gasteiger charge is 2.21. The molecule has 2 heterocycles. The van der Waals surface area contributed by atoms with Crippen LogP contribution in [0.25, 0.3) is 5.82 Å². The molecule has 4 N–H and O–H groups in total. The minimum absolute atomic E-state index is 0.120. The molecular weight excluding hydrogens is 528 g/mol. The number of nitrogens with zero attached hydrogens (tertiary/aromatic N) is 4. The highest BCUT2D eigenvalue weighted by atomic mass is 35.5. The molecule has 0 aliphatic rings. The Labute approximate surface area is 238 Å². The van der Waals surface area contributed by atoms with Gasteiger partial charge in [0.1, 0.15) is 24.0 Å². The summed E-state index contributed by atoms with van der Waals surface area (Å²) in [5.74, 6) is 1.53. The Morgan fingerprint density at radius 3 is 2.33 bits per heavy atom. The number of nitrogens with one attached hydrogen (secondary N) is 4. The van der Waals surface area contributed by atoms with Gasteiger partial charge in [0.05, 0.1) is 0 Å². The van der Waals surface area contributed by atoms with Gasteiger partial charge in [-0.05, 0) is 47.7 Å². The molecule has 40 heavy (non-hydrogen) atoms. The predicted molar refractivity (Wildman–Crippen MR) is 157 cm³/mol. The summed E-state index contributed by atoms with van der Waals surface area (Å²) >= 11 is 5.98. The van der Waals surface area contributed by atoms with Crippen LogP contribution in [0.3, 0.4) is 0 Å². The first-order valence-electron chi connectivity index (χ1n) is 13.0. The van der Waals surface area contributed by atoms with E-state index in [1.807, 2.05) is 36.4 Å². The van der Waals surface area contributed by atoms with E-state index in [4.69, 9.17) is 11.6 Å². The maximum Gasteiger partial charge on any atom is 0.242 e. The molecule has 10 nitrogen and oxygen atoms in total. The van der Waals surface area contributed by atoms with E-state index in [1.54, 1.807) is 41.5 Å². The second-order valence-corrected chi connectivity index (χ2v) is 10.2. The number of carbonyl (C=O) groups is 2. The van der Waals surface area contributed by atoms with Gasteiger partial charge >= 0.3 is 0 Å². The van der Waals surface area contributed by atoms with Crippen LogP contribution >= 0.6 is 11.6 Å². The Hall–Kier alpha value is -4.44. The van der Waals surface area contributed by atoms with E-state index in [1.165, 1.54) is 6.92 Å². The molecule has 0 aliphatic carbocycles. The highest BCUT2D eigenvalue weighted by Crippen LogP contribution is 2.19. The summed E-state index contributed by atoms with van der Waals surface area (Å²) in [6, 6.07) is 16.2. The van der Waals surface area contributed by atoms with Gasteiger partial charge in [0.2, 0.25) is 17.8 Å². The lowest BCUT2D eigenvalue weighted by atomic mass is 10.0. The van der Waals surface area contributed by atoms with Crippen molar-refractivity contribution in [2.24, 2.45) is 5.92 Å². The largest absolute Gasteiger partial charge is 0.358 e. The lowest BCUT2D eigenvalue weighted by Gasteiger charge is -2.21. The monoisotopic (exact) mass is 560 g/mol. The van der Waals surface area contributed by atoms with E-state index < -0.39 is 6.04 Å². The molecular formula is C29H33ClN8O2. The normalized spacial score (nSPS) is 11.6. The van der Waals surface area contributed by atoms with Crippen LogP contribution in [-0.4, -0.2) is 37.4 Å². The van der Waals surface area contributed by atoms with Crippen molar-refractivity contribution in [3.05, 3.63) is 89.5 Å². The lowest BCUT2D eigenvalue weighted by Crippen LogP contribution is -2.40. The van der Waals surface area contributed by atoms with Crippen molar-refractivity contribution in [3.8, 4) is 5.82 Å². The van der Waals surface area contributed by atoms with E-state index >= 15 is 0 Å². The maximum absolute atomic E-state index is 13.2. The first kappa shape index (κ1) is 28.6. The zero-order chi connectivity index (χ0) is 28.5. The van der Waals surface area contributed by atoms with Gasteiger partial charge in [0, 0.05) is 49.2 Å². The van der Waals surface area contributed by atoms with Gasteiger partial charge < -0.3 is 21.3 Å². The molecule has 0 aliphatic heterocycles. The smallest absolute Gasteiger partial charge is 0.242 e. The topological polar surface area (TPSA) is 126 Å². The van der Waals surface area contributed by atoms with Crippen molar-refractivity contribution in [2.45, 2.75) is 46.3 Å². The zero-order valence-electron chi connectivity index (χ0n) is 22.7. The first-order chi connectivity index (χ1) is 19.2. The van der Waals surface area contributed by atoms with Crippen molar-refractivity contribution in [2.75, 3.05) is 16.0 Å². The molecule has 4 rings (SSSR count). The Kier molecular flexibility index (Phi) is 9.69. The Morgan fingerprint density at radius 1 is 0.975 bits per heavy atom. The molecule has 11 heteroatoms. The van der Waals surface area contributed by atoms with Crippen LogP contribution in [0.15, 0.2) is 73.3 Å². The number of carbonyl (C=O) groups excluding carboxylic acids is 2. The summed E-state index contributed by atoms with van der Waals surface area (Å²) in [5, 5.41) is 13.0. The fourth-order valence-electron chi connectivity index (χ4n) is 4.00. The van der Waals surface area contributed by atoms with Gasteiger partial charge in [0.15, 0.2) is 0 Å². The maximum atomic E-state index is 13.2. The minimum atomic E-state index is -0.507. The molecule has 2 aromatic heterocycles. The second-order valence-electron chi connectivity index (χ2n) is 9.81. The average Bonchev–Trinajstić information content (AvgIpc) is 3.47. The molecule has 2 amide bonds. The van der Waals surface area contributed by atoms with Crippen molar-refractivity contribution < 1.29 is 9.59 Å². The van der Waals surface area contributed by atoms with Crippen molar-refractivity contribution in [3.63, 3.8) is 0 Å². The first-order valence-corrected chi connectivity index (χ1v) is 13.4. The van der Waals surface area contributed by atoms with Crippen molar-refractivity contribution in [1.82, 2.24) is 24.8 Å². The average molecular weight is 561 g/mol. The van der Waals surface area contributed by atoms with Crippen LogP contribution < -0.4 is 21.3 Å². The molecule has 2 aromatic carbocycles.